The van der Waals surface area contributed by atoms with Gasteiger partial charge in [0, 0.05) is 17.1 Å². The third-order valence-electron chi connectivity index (χ3n) is 4.51. The maximum atomic E-state index is 13.7. The molecule has 0 aliphatic carbocycles. The molecular weight excluding hydrogens is 403 g/mol. The van der Waals surface area contributed by atoms with Crippen molar-refractivity contribution in [3.05, 3.63) is 95.0 Å². The van der Waals surface area contributed by atoms with Crippen LogP contribution < -0.4 is 5.32 Å². The standard InChI is InChI=1S/C22H17ClF3NO2/c23-19-12-6-15(7-13-19)14-27-20(28)21(29,22(24,25)26)18-10-8-17(9-11-18)16-4-2-1-3-5-16/h1-13,29H,14H2,(H,27,28). The van der Waals surface area contributed by atoms with Crippen molar-refractivity contribution in [1.82, 2.24) is 5.32 Å². The summed E-state index contributed by atoms with van der Waals surface area (Å²) in [5.74, 6) is -1.55. The van der Waals surface area contributed by atoms with Crippen molar-refractivity contribution in [1.29, 1.82) is 0 Å². The Balaban J connectivity index is 1.86. The first kappa shape index (κ1) is 20.9. The van der Waals surface area contributed by atoms with E-state index in [1.165, 1.54) is 12.1 Å². The molecule has 0 heterocycles. The quantitative estimate of drug-likeness (QED) is 0.606. The normalized spacial score (nSPS) is 13.6. The van der Waals surface area contributed by atoms with Crippen molar-refractivity contribution in [2.75, 3.05) is 0 Å². The second kappa shape index (κ2) is 8.27. The number of hydrogen-bond acceptors (Lipinski definition) is 2. The van der Waals surface area contributed by atoms with Gasteiger partial charge in [-0.3, -0.25) is 4.79 Å². The van der Waals surface area contributed by atoms with Gasteiger partial charge in [-0.15, -0.1) is 0 Å². The second-order valence-corrected chi connectivity index (χ2v) is 6.90. The molecule has 0 spiro atoms. The fraction of sp³-hybridized carbons (Fsp3) is 0.136. The zero-order valence-electron chi connectivity index (χ0n) is 15.1. The van der Waals surface area contributed by atoms with Crippen LogP contribution in [0.25, 0.3) is 11.1 Å². The van der Waals surface area contributed by atoms with Crippen LogP contribution in [-0.4, -0.2) is 17.2 Å². The van der Waals surface area contributed by atoms with Crippen molar-refractivity contribution in [3.8, 4) is 11.1 Å². The van der Waals surface area contributed by atoms with Crippen LogP contribution in [0.15, 0.2) is 78.9 Å². The van der Waals surface area contributed by atoms with Gasteiger partial charge in [0.2, 0.25) is 0 Å². The van der Waals surface area contributed by atoms with E-state index in [0.29, 0.717) is 16.1 Å². The topological polar surface area (TPSA) is 49.3 Å². The van der Waals surface area contributed by atoms with Gasteiger partial charge < -0.3 is 10.4 Å². The third kappa shape index (κ3) is 4.44. The number of hydrogen-bond donors (Lipinski definition) is 2. The molecule has 0 aliphatic rings. The van der Waals surface area contributed by atoms with E-state index >= 15 is 0 Å². The van der Waals surface area contributed by atoms with Gasteiger partial charge in [0.15, 0.2) is 0 Å². The number of carbonyl (C=O) groups is 1. The fourth-order valence-corrected chi connectivity index (χ4v) is 3.00. The lowest BCUT2D eigenvalue weighted by Crippen LogP contribution is -2.54. The van der Waals surface area contributed by atoms with E-state index in [0.717, 1.165) is 17.7 Å². The van der Waals surface area contributed by atoms with Crippen molar-refractivity contribution in [2.45, 2.75) is 18.3 Å². The third-order valence-corrected chi connectivity index (χ3v) is 4.77. The van der Waals surface area contributed by atoms with E-state index in [2.05, 4.69) is 5.32 Å². The van der Waals surface area contributed by atoms with Gasteiger partial charge in [-0.25, -0.2) is 0 Å². The summed E-state index contributed by atoms with van der Waals surface area (Å²) in [4.78, 5) is 12.4. The molecule has 0 radical (unpaired) electrons. The van der Waals surface area contributed by atoms with E-state index in [-0.39, 0.29) is 6.54 Å². The van der Waals surface area contributed by atoms with E-state index in [1.54, 1.807) is 36.4 Å². The minimum atomic E-state index is -5.20. The Kier molecular flexibility index (Phi) is 5.96. The molecule has 29 heavy (non-hydrogen) atoms. The lowest BCUT2D eigenvalue weighted by Gasteiger charge is -2.29. The predicted octanol–water partition coefficient (Wildman–Crippen LogP) is 5.07. The second-order valence-electron chi connectivity index (χ2n) is 6.46. The highest BCUT2D eigenvalue weighted by atomic mass is 35.5. The predicted molar refractivity (Wildman–Crippen MR) is 105 cm³/mol. The Labute approximate surface area is 170 Å². The van der Waals surface area contributed by atoms with Crippen LogP contribution >= 0.6 is 11.6 Å². The highest BCUT2D eigenvalue weighted by molar-refractivity contribution is 6.30. The zero-order valence-corrected chi connectivity index (χ0v) is 15.8. The monoisotopic (exact) mass is 419 g/mol. The number of alkyl halides is 3. The summed E-state index contributed by atoms with van der Waals surface area (Å²) >= 11 is 5.77. The lowest BCUT2D eigenvalue weighted by molar-refractivity contribution is -0.257. The number of halogens is 4. The summed E-state index contributed by atoms with van der Waals surface area (Å²) in [5.41, 5.74) is -2.21. The van der Waals surface area contributed by atoms with Gasteiger partial charge >= 0.3 is 6.18 Å². The van der Waals surface area contributed by atoms with Crippen LogP contribution in [0.1, 0.15) is 11.1 Å². The molecule has 7 heteroatoms. The molecule has 1 atom stereocenters. The molecule has 150 valence electrons. The maximum Gasteiger partial charge on any atom is 0.430 e. The van der Waals surface area contributed by atoms with Crippen molar-refractivity contribution in [3.63, 3.8) is 0 Å². The first-order chi connectivity index (χ1) is 13.7. The highest BCUT2D eigenvalue weighted by Gasteiger charge is 2.60. The van der Waals surface area contributed by atoms with Crippen LogP contribution in [0.3, 0.4) is 0 Å². The summed E-state index contributed by atoms with van der Waals surface area (Å²) in [6.07, 6.45) is -5.20. The molecule has 3 rings (SSSR count). The SMILES string of the molecule is O=C(NCc1ccc(Cl)cc1)C(O)(c1ccc(-c2ccccc2)cc1)C(F)(F)F. The van der Waals surface area contributed by atoms with Crippen molar-refractivity contribution >= 4 is 17.5 Å². The molecular formula is C22H17ClF3NO2. The minimum Gasteiger partial charge on any atom is -0.369 e. The Bertz CT molecular complexity index is 974. The van der Waals surface area contributed by atoms with Crippen LogP contribution in [0.5, 0.6) is 0 Å². The van der Waals surface area contributed by atoms with E-state index in [1.807, 2.05) is 18.2 Å². The van der Waals surface area contributed by atoms with Gasteiger partial charge in [0.1, 0.15) is 0 Å². The van der Waals surface area contributed by atoms with Crippen molar-refractivity contribution in [2.24, 2.45) is 0 Å². The Morgan fingerprint density at radius 2 is 1.41 bits per heavy atom. The molecule has 0 bridgehead atoms. The molecule has 0 fully saturated rings. The number of nitrogens with one attached hydrogen (secondary N) is 1. The molecule has 0 aliphatic heterocycles. The summed E-state index contributed by atoms with van der Waals surface area (Å²) in [7, 11) is 0. The van der Waals surface area contributed by atoms with E-state index in [9.17, 15) is 23.1 Å². The molecule has 2 N–H and O–H groups in total. The largest absolute Gasteiger partial charge is 0.430 e. The van der Waals surface area contributed by atoms with Gasteiger partial charge in [-0.2, -0.15) is 13.2 Å². The first-order valence-electron chi connectivity index (χ1n) is 8.69. The molecule has 1 amide bonds. The molecule has 0 saturated carbocycles. The van der Waals surface area contributed by atoms with Crippen LogP contribution in [0.2, 0.25) is 5.02 Å². The van der Waals surface area contributed by atoms with Gasteiger partial charge in [-0.1, -0.05) is 78.3 Å². The molecule has 3 aromatic rings. The van der Waals surface area contributed by atoms with Gasteiger partial charge in [0.05, 0.1) is 0 Å². The van der Waals surface area contributed by atoms with E-state index in [4.69, 9.17) is 11.6 Å². The molecule has 1 unspecified atom stereocenters. The molecule has 3 nitrogen and oxygen atoms in total. The minimum absolute atomic E-state index is 0.184. The van der Waals surface area contributed by atoms with Gasteiger partial charge in [0.25, 0.3) is 11.5 Å². The summed E-state index contributed by atoms with van der Waals surface area (Å²) in [5, 5.41) is 13.0. The van der Waals surface area contributed by atoms with Crippen molar-refractivity contribution < 1.29 is 23.1 Å². The van der Waals surface area contributed by atoms with Crippen LogP contribution in [-0.2, 0) is 16.9 Å². The van der Waals surface area contributed by atoms with Gasteiger partial charge in [-0.05, 0) is 28.8 Å². The Hall–Kier alpha value is -2.83. The van der Waals surface area contributed by atoms with Crippen LogP contribution in [0, 0.1) is 0 Å². The highest BCUT2D eigenvalue weighted by Crippen LogP contribution is 2.40. The lowest BCUT2D eigenvalue weighted by atomic mass is 9.90. The fourth-order valence-electron chi connectivity index (χ4n) is 2.87. The zero-order chi connectivity index (χ0) is 21.1. The summed E-state index contributed by atoms with van der Waals surface area (Å²) in [6.45, 7) is -0.184. The first-order valence-corrected chi connectivity index (χ1v) is 9.07. The smallest absolute Gasteiger partial charge is 0.369 e. The Morgan fingerprint density at radius 3 is 1.97 bits per heavy atom. The average molecular weight is 420 g/mol. The maximum absolute atomic E-state index is 13.7. The summed E-state index contributed by atoms with van der Waals surface area (Å²) < 4.78 is 41.1. The Morgan fingerprint density at radius 1 is 0.862 bits per heavy atom. The van der Waals surface area contributed by atoms with Crippen LogP contribution in [0.4, 0.5) is 13.2 Å². The number of aliphatic hydroxyl groups is 1. The summed E-state index contributed by atoms with van der Waals surface area (Å²) in [6, 6.07) is 20.4. The van der Waals surface area contributed by atoms with E-state index < -0.39 is 23.2 Å². The molecule has 3 aromatic carbocycles. The number of benzene rings is 3. The average Bonchev–Trinajstić information content (AvgIpc) is 2.72. The number of rotatable bonds is 5. The number of amides is 1. The molecule has 0 saturated heterocycles. The molecule has 0 aromatic heterocycles. The number of carbonyl (C=O) groups excluding carboxylic acids is 1.